The SMILES string of the molecule is Cc1cc2c(-c3ccccc3)cccc2[cH-]1.[I-].[I-].[Zr+3]. The average Bonchev–Trinajstić information content (AvgIpc) is 2.70. The summed E-state index contributed by atoms with van der Waals surface area (Å²) in [6, 6.07) is 21.6. The van der Waals surface area contributed by atoms with Crippen LogP contribution in [0, 0.1) is 6.92 Å². The van der Waals surface area contributed by atoms with Crippen molar-refractivity contribution in [3.63, 3.8) is 0 Å². The smallest absolute Gasteiger partial charge is 1.00 e. The summed E-state index contributed by atoms with van der Waals surface area (Å²) in [6.45, 7) is 2.15. The topological polar surface area (TPSA) is 0 Å². The molecule has 3 heteroatoms. The third-order valence-corrected chi connectivity index (χ3v) is 2.98. The summed E-state index contributed by atoms with van der Waals surface area (Å²) in [5.74, 6) is 0. The first-order valence-electron chi connectivity index (χ1n) is 5.56. The van der Waals surface area contributed by atoms with Gasteiger partial charge in [0.2, 0.25) is 0 Å². The summed E-state index contributed by atoms with van der Waals surface area (Å²) in [6.07, 6.45) is 0. The molecular weight excluding hydrogens is 537 g/mol. The predicted octanol–water partition coefficient (Wildman–Crippen LogP) is -1.46. The van der Waals surface area contributed by atoms with Crippen LogP contribution in [0.1, 0.15) is 5.56 Å². The summed E-state index contributed by atoms with van der Waals surface area (Å²) in [7, 11) is 0. The predicted molar refractivity (Wildman–Crippen MR) is 69.7 cm³/mol. The quantitative estimate of drug-likeness (QED) is 0.257. The van der Waals surface area contributed by atoms with Crippen molar-refractivity contribution >= 4 is 10.8 Å². The number of fused-ring (bicyclic) bond motifs is 1. The van der Waals surface area contributed by atoms with Gasteiger partial charge < -0.3 is 48.0 Å². The van der Waals surface area contributed by atoms with Crippen LogP contribution >= 0.6 is 0 Å². The standard InChI is InChI=1S/C16H13.2HI.Zr/c1-12-10-14-8-5-9-15(16(14)11-12)13-6-3-2-4-7-13;;;/h2-11H,1H3;2*1H;/q-1;;;+3/p-2. The first-order valence-corrected chi connectivity index (χ1v) is 5.56. The maximum absolute atomic E-state index is 2.26. The fraction of sp³-hybridized carbons (Fsp3) is 0.0625. The third-order valence-electron chi connectivity index (χ3n) is 2.98. The van der Waals surface area contributed by atoms with E-state index in [9.17, 15) is 0 Å². The van der Waals surface area contributed by atoms with Crippen molar-refractivity contribution in [2.24, 2.45) is 0 Å². The second-order valence-corrected chi connectivity index (χ2v) is 4.21. The Hall–Kier alpha value is 0.393. The zero-order chi connectivity index (χ0) is 11.0. The fourth-order valence-electron chi connectivity index (χ4n) is 2.25. The largest absolute Gasteiger partial charge is 3.00 e. The van der Waals surface area contributed by atoms with Crippen LogP contribution in [0.2, 0.25) is 0 Å². The van der Waals surface area contributed by atoms with Gasteiger partial charge in [0.25, 0.3) is 0 Å². The van der Waals surface area contributed by atoms with Gasteiger partial charge in [0, 0.05) is 0 Å². The molecule has 0 nitrogen and oxygen atoms in total. The Labute approximate surface area is 167 Å². The summed E-state index contributed by atoms with van der Waals surface area (Å²) >= 11 is 0. The minimum absolute atomic E-state index is 0. The van der Waals surface area contributed by atoms with Crippen molar-refractivity contribution in [3.8, 4) is 11.1 Å². The molecule has 3 aromatic rings. The van der Waals surface area contributed by atoms with Gasteiger partial charge in [-0.25, -0.2) is 0 Å². The molecule has 0 unspecified atom stereocenters. The number of rotatable bonds is 1. The van der Waals surface area contributed by atoms with E-state index in [-0.39, 0.29) is 74.2 Å². The van der Waals surface area contributed by atoms with E-state index in [0.717, 1.165) is 0 Å². The first-order chi connectivity index (χ1) is 7.84. The Balaban J connectivity index is 0.00000108. The van der Waals surface area contributed by atoms with Crippen molar-refractivity contribution in [1.29, 1.82) is 0 Å². The first kappa shape index (κ1) is 19.4. The van der Waals surface area contributed by atoms with Gasteiger partial charge in [-0.05, 0) is 5.56 Å². The van der Waals surface area contributed by atoms with Crippen LogP contribution in [0.4, 0.5) is 0 Å². The van der Waals surface area contributed by atoms with Crippen molar-refractivity contribution in [2.45, 2.75) is 6.92 Å². The maximum Gasteiger partial charge on any atom is 3.00 e. The Kier molecular flexibility index (Phi) is 8.81. The molecule has 3 rings (SSSR count). The zero-order valence-electron chi connectivity index (χ0n) is 10.5. The molecule has 0 amide bonds. The molecule has 0 bridgehead atoms. The second kappa shape index (κ2) is 8.63. The average molecular weight is 550 g/mol. The molecule has 0 spiro atoms. The molecule has 0 aliphatic rings. The van der Waals surface area contributed by atoms with Gasteiger partial charge in [-0.2, -0.15) is 6.07 Å². The van der Waals surface area contributed by atoms with E-state index in [0.29, 0.717) is 0 Å². The van der Waals surface area contributed by atoms with Crippen LogP contribution in [0.15, 0.2) is 60.7 Å². The number of hydrogen-bond acceptors (Lipinski definition) is 0. The minimum Gasteiger partial charge on any atom is -1.00 e. The van der Waals surface area contributed by atoms with E-state index in [2.05, 4.69) is 67.6 Å². The minimum atomic E-state index is 0. The molecule has 0 fully saturated rings. The third kappa shape index (κ3) is 4.18. The van der Waals surface area contributed by atoms with Gasteiger partial charge in [-0.1, -0.05) is 48.9 Å². The maximum atomic E-state index is 2.26. The summed E-state index contributed by atoms with van der Waals surface area (Å²) in [5, 5.41) is 2.69. The zero-order valence-corrected chi connectivity index (χ0v) is 17.3. The molecule has 0 aliphatic heterocycles. The van der Waals surface area contributed by atoms with E-state index >= 15 is 0 Å². The van der Waals surface area contributed by atoms with Crippen LogP contribution in [0.5, 0.6) is 0 Å². The van der Waals surface area contributed by atoms with E-state index < -0.39 is 0 Å². The van der Waals surface area contributed by atoms with Gasteiger partial charge in [0.1, 0.15) is 0 Å². The fourth-order valence-corrected chi connectivity index (χ4v) is 2.25. The van der Waals surface area contributed by atoms with Gasteiger partial charge in [-0.15, -0.1) is 34.5 Å². The van der Waals surface area contributed by atoms with Crippen molar-refractivity contribution in [3.05, 3.63) is 66.2 Å². The van der Waals surface area contributed by atoms with Gasteiger partial charge >= 0.3 is 26.2 Å². The molecule has 0 saturated heterocycles. The van der Waals surface area contributed by atoms with Crippen molar-refractivity contribution < 1.29 is 74.2 Å². The van der Waals surface area contributed by atoms with Crippen molar-refractivity contribution in [1.82, 2.24) is 0 Å². The summed E-state index contributed by atoms with van der Waals surface area (Å²) < 4.78 is 0. The molecule has 0 heterocycles. The monoisotopic (exact) mass is 549 g/mol. The van der Waals surface area contributed by atoms with Crippen LogP contribution in [0.3, 0.4) is 0 Å². The van der Waals surface area contributed by atoms with Crippen LogP contribution in [-0.2, 0) is 26.2 Å². The molecule has 0 atom stereocenters. The number of halogens is 2. The molecule has 0 N–H and O–H groups in total. The van der Waals surface area contributed by atoms with E-state index in [1.807, 2.05) is 0 Å². The Bertz CT molecular complexity index is 630. The molecule has 1 radical (unpaired) electrons. The van der Waals surface area contributed by atoms with E-state index in [1.165, 1.54) is 27.5 Å². The summed E-state index contributed by atoms with van der Waals surface area (Å²) in [4.78, 5) is 0. The summed E-state index contributed by atoms with van der Waals surface area (Å²) in [5.41, 5.74) is 3.95. The molecule has 0 saturated carbocycles. The molecule has 3 aromatic carbocycles. The molecular formula is C16H13I2Zr. The van der Waals surface area contributed by atoms with Gasteiger partial charge in [-0.3, -0.25) is 0 Å². The van der Waals surface area contributed by atoms with Crippen LogP contribution in [0.25, 0.3) is 21.9 Å². The van der Waals surface area contributed by atoms with Gasteiger partial charge in [0.15, 0.2) is 0 Å². The Morgan fingerprint density at radius 3 is 2.21 bits per heavy atom. The number of aryl methyl sites for hydroxylation is 1. The van der Waals surface area contributed by atoms with E-state index in [1.54, 1.807) is 0 Å². The second-order valence-electron chi connectivity index (χ2n) is 4.21. The molecule has 0 aromatic heterocycles. The number of benzene rings is 2. The molecule has 95 valence electrons. The van der Waals surface area contributed by atoms with Gasteiger partial charge in [0.05, 0.1) is 0 Å². The number of hydrogen-bond donors (Lipinski definition) is 0. The van der Waals surface area contributed by atoms with Crippen LogP contribution < -0.4 is 48.0 Å². The Morgan fingerprint density at radius 2 is 1.53 bits per heavy atom. The normalized spacial score (nSPS) is 9.11. The van der Waals surface area contributed by atoms with Crippen molar-refractivity contribution in [2.75, 3.05) is 0 Å². The Morgan fingerprint density at radius 1 is 0.842 bits per heavy atom. The molecule has 19 heavy (non-hydrogen) atoms. The molecule has 0 aliphatic carbocycles. The van der Waals surface area contributed by atoms with Crippen LogP contribution in [-0.4, -0.2) is 0 Å². The van der Waals surface area contributed by atoms with E-state index in [4.69, 9.17) is 0 Å².